The Bertz CT molecular complexity index is 1170. The highest BCUT2D eigenvalue weighted by Crippen LogP contribution is 2.34. The van der Waals surface area contributed by atoms with Crippen molar-refractivity contribution >= 4 is 28.8 Å². The van der Waals surface area contributed by atoms with Crippen molar-refractivity contribution in [2.45, 2.75) is 13.8 Å². The van der Waals surface area contributed by atoms with Gasteiger partial charge >= 0.3 is 0 Å². The van der Waals surface area contributed by atoms with Crippen LogP contribution >= 0.6 is 0 Å². The Hall–Kier alpha value is -3.93. The molecule has 3 aromatic carbocycles. The number of hydrogen-bond donors (Lipinski definition) is 1. The van der Waals surface area contributed by atoms with E-state index in [1.54, 1.807) is 24.3 Å². The van der Waals surface area contributed by atoms with E-state index in [-0.39, 0.29) is 11.3 Å². The van der Waals surface area contributed by atoms with Crippen molar-refractivity contribution in [3.63, 3.8) is 0 Å². The molecular weight excluding hydrogens is 395 g/mol. The molecule has 1 aliphatic rings. The predicted molar refractivity (Wildman–Crippen MR) is 118 cm³/mol. The van der Waals surface area contributed by atoms with Crippen molar-refractivity contribution in [2.24, 2.45) is 0 Å². The van der Waals surface area contributed by atoms with E-state index in [0.29, 0.717) is 29.3 Å². The summed E-state index contributed by atoms with van der Waals surface area (Å²) in [5.41, 5.74) is 2.93. The zero-order valence-corrected chi connectivity index (χ0v) is 17.2. The van der Waals surface area contributed by atoms with Crippen LogP contribution in [0.3, 0.4) is 0 Å². The highest BCUT2D eigenvalue weighted by molar-refractivity contribution is 6.46. The first-order valence-electron chi connectivity index (χ1n) is 9.93. The molecule has 1 aliphatic heterocycles. The number of nitrogens with zero attached hydrogens (tertiary/aromatic N) is 1. The van der Waals surface area contributed by atoms with Gasteiger partial charge in [-0.05, 0) is 73.5 Å². The Morgan fingerprint density at radius 3 is 2.29 bits per heavy atom. The van der Waals surface area contributed by atoms with Crippen molar-refractivity contribution in [1.82, 2.24) is 0 Å². The molecule has 0 fully saturated rings. The Morgan fingerprint density at radius 1 is 0.935 bits per heavy atom. The second-order valence-electron chi connectivity index (χ2n) is 7.12. The van der Waals surface area contributed by atoms with Crippen LogP contribution in [0.15, 0.2) is 78.5 Å². The molecule has 5 nitrogen and oxygen atoms in total. The Morgan fingerprint density at radius 2 is 1.65 bits per heavy atom. The maximum absolute atomic E-state index is 13.5. The van der Waals surface area contributed by atoms with Crippen LogP contribution in [0, 0.1) is 12.7 Å². The number of carbonyl (C=O) groups excluding carboxylic acids is 2. The number of benzene rings is 3. The fraction of sp³-hybridized carbons (Fsp3) is 0.120. The summed E-state index contributed by atoms with van der Waals surface area (Å²) in [5, 5.41) is 3.11. The zero-order chi connectivity index (χ0) is 22.0. The minimum Gasteiger partial charge on any atom is -0.494 e. The van der Waals surface area contributed by atoms with Crippen LogP contribution in [0.5, 0.6) is 5.75 Å². The number of nitrogens with one attached hydrogen (secondary N) is 1. The summed E-state index contributed by atoms with van der Waals surface area (Å²) in [6.07, 6.45) is 0. The standard InChI is InChI=1S/C25H21FN2O3/c1-3-31-21-13-11-20(12-14-21)28-24(29)22(17-7-9-18(26)10-8-17)23(25(28)30)27-19-6-4-5-16(2)15-19/h4-15,27H,3H2,1-2H3. The predicted octanol–water partition coefficient (Wildman–Crippen LogP) is 4.93. The van der Waals surface area contributed by atoms with E-state index >= 15 is 0 Å². The lowest BCUT2D eigenvalue weighted by molar-refractivity contribution is -0.120. The van der Waals surface area contributed by atoms with Crippen LogP contribution in [0.25, 0.3) is 5.57 Å². The highest BCUT2D eigenvalue weighted by atomic mass is 19.1. The van der Waals surface area contributed by atoms with Crippen molar-refractivity contribution in [1.29, 1.82) is 0 Å². The Balaban J connectivity index is 1.77. The summed E-state index contributed by atoms with van der Waals surface area (Å²) in [6.45, 7) is 4.33. The van der Waals surface area contributed by atoms with Gasteiger partial charge in [-0.2, -0.15) is 0 Å². The molecule has 156 valence electrons. The first-order chi connectivity index (χ1) is 15.0. The summed E-state index contributed by atoms with van der Waals surface area (Å²) in [6, 6.07) is 19.8. The van der Waals surface area contributed by atoms with Crippen molar-refractivity contribution in [3.05, 3.63) is 95.4 Å². The summed E-state index contributed by atoms with van der Waals surface area (Å²) in [5.74, 6) is -0.723. The third-order valence-corrected chi connectivity index (χ3v) is 4.91. The minimum absolute atomic E-state index is 0.149. The second-order valence-corrected chi connectivity index (χ2v) is 7.12. The fourth-order valence-electron chi connectivity index (χ4n) is 3.49. The van der Waals surface area contributed by atoms with Gasteiger partial charge in [-0.1, -0.05) is 24.3 Å². The van der Waals surface area contributed by atoms with Crippen LogP contribution in [0.4, 0.5) is 15.8 Å². The Labute approximate surface area is 179 Å². The average molecular weight is 416 g/mol. The Kier molecular flexibility index (Phi) is 5.54. The van der Waals surface area contributed by atoms with Crippen molar-refractivity contribution in [2.75, 3.05) is 16.8 Å². The quantitative estimate of drug-likeness (QED) is 0.579. The van der Waals surface area contributed by atoms with Gasteiger partial charge in [-0.15, -0.1) is 0 Å². The average Bonchev–Trinajstić information content (AvgIpc) is 2.99. The van der Waals surface area contributed by atoms with E-state index in [0.717, 1.165) is 10.5 Å². The third kappa shape index (κ3) is 4.05. The molecule has 2 amide bonds. The smallest absolute Gasteiger partial charge is 0.282 e. The van der Waals surface area contributed by atoms with Gasteiger partial charge in [0.25, 0.3) is 11.8 Å². The molecule has 1 heterocycles. The molecule has 3 aromatic rings. The van der Waals surface area contributed by atoms with Crippen LogP contribution in [0.2, 0.25) is 0 Å². The summed E-state index contributed by atoms with van der Waals surface area (Å²) >= 11 is 0. The maximum Gasteiger partial charge on any atom is 0.282 e. The number of amides is 2. The molecule has 0 atom stereocenters. The summed E-state index contributed by atoms with van der Waals surface area (Å²) in [7, 11) is 0. The van der Waals surface area contributed by atoms with E-state index in [9.17, 15) is 14.0 Å². The van der Waals surface area contributed by atoms with Gasteiger partial charge in [0.2, 0.25) is 0 Å². The molecule has 0 saturated heterocycles. The molecule has 4 rings (SSSR count). The molecule has 6 heteroatoms. The van der Waals surface area contributed by atoms with Crippen LogP contribution in [-0.2, 0) is 9.59 Å². The fourth-order valence-corrected chi connectivity index (χ4v) is 3.49. The lowest BCUT2D eigenvalue weighted by atomic mass is 10.0. The van der Waals surface area contributed by atoms with Gasteiger partial charge in [-0.25, -0.2) is 9.29 Å². The van der Waals surface area contributed by atoms with Gasteiger partial charge in [0.1, 0.15) is 17.3 Å². The van der Waals surface area contributed by atoms with E-state index in [1.807, 2.05) is 38.1 Å². The van der Waals surface area contributed by atoms with E-state index < -0.39 is 17.6 Å². The molecule has 31 heavy (non-hydrogen) atoms. The van der Waals surface area contributed by atoms with E-state index in [1.165, 1.54) is 24.3 Å². The molecular formula is C25H21FN2O3. The molecule has 0 spiro atoms. The lowest BCUT2D eigenvalue weighted by Crippen LogP contribution is -2.32. The number of carbonyl (C=O) groups is 2. The first kappa shape index (κ1) is 20.3. The monoisotopic (exact) mass is 416 g/mol. The van der Waals surface area contributed by atoms with Gasteiger partial charge in [0.15, 0.2) is 0 Å². The SMILES string of the molecule is CCOc1ccc(N2C(=O)C(Nc3cccc(C)c3)=C(c3ccc(F)cc3)C2=O)cc1. The minimum atomic E-state index is -0.477. The highest BCUT2D eigenvalue weighted by Gasteiger charge is 2.40. The van der Waals surface area contributed by atoms with E-state index in [4.69, 9.17) is 4.74 Å². The van der Waals surface area contributed by atoms with Crippen LogP contribution in [-0.4, -0.2) is 18.4 Å². The number of imide groups is 1. The van der Waals surface area contributed by atoms with Gasteiger partial charge in [-0.3, -0.25) is 9.59 Å². The molecule has 0 aromatic heterocycles. The van der Waals surface area contributed by atoms with Crippen LogP contribution in [0.1, 0.15) is 18.1 Å². The van der Waals surface area contributed by atoms with Crippen LogP contribution < -0.4 is 15.0 Å². The second kappa shape index (κ2) is 8.44. The largest absolute Gasteiger partial charge is 0.494 e. The van der Waals surface area contributed by atoms with Gasteiger partial charge in [0, 0.05) is 5.69 Å². The number of ether oxygens (including phenoxy) is 1. The van der Waals surface area contributed by atoms with Crippen molar-refractivity contribution in [3.8, 4) is 5.75 Å². The number of rotatable bonds is 6. The topological polar surface area (TPSA) is 58.6 Å². The number of halogens is 1. The molecule has 0 unspecified atom stereocenters. The summed E-state index contributed by atoms with van der Waals surface area (Å²) < 4.78 is 18.9. The molecule has 0 saturated carbocycles. The maximum atomic E-state index is 13.5. The molecule has 0 radical (unpaired) electrons. The molecule has 0 aliphatic carbocycles. The van der Waals surface area contributed by atoms with Gasteiger partial charge < -0.3 is 10.1 Å². The third-order valence-electron chi connectivity index (χ3n) is 4.91. The normalized spacial score (nSPS) is 13.7. The number of hydrogen-bond acceptors (Lipinski definition) is 4. The molecule has 0 bridgehead atoms. The zero-order valence-electron chi connectivity index (χ0n) is 17.2. The molecule has 1 N–H and O–H groups in total. The number of anilines is 2. The van der Waals surface area contributed by atoms with Crippen molar-refractivity contribution < 1.29 is 18.7 Å². The summed E-state index contributed by atoms with van der Waals surface area (Å²) in [4.78, 5) is 27.8. The number of aryl methyl sites for hydroxylation is 1. The van der Waals surface area contributed by atoms with Gasteiger partial charge in [0.05, 0.1) is 17.9 Å². The lowest BCUT2D eigenvalue weighted by Gasteiger charge is -2.16. The first-order valence-corrected chi connectivity index (χ1v) is 9.93. The van der Waals surface area contributed by atoms with E-state index in [2.05, 4.69) is 5.32 Å².